The van der Waals surface area contributed by atoms with E-state index >= 15 is 0 Å². The standard InChI is InChI=1S/C22H20N4O2/c1-16(14-21(27)24-20-8-5-13-23-15-20)25-26-22(28)19-11-9-18(10-12-19)17-6-3-2-4-7-17/h2-13,15H,14H2,1H3,(H,24,27)(H,26,28)/b25-16+. The summed E-state index contributed by atoms with van der Waals surface area (Å²) >= 11 is 0. The Morgan fingerprint density at radius 1 is 0.929 bits per heavy atom. The quantitative estimate of drug-likeness (QED) is 0.509. The molecule has 0 saturated carbocycles. The molecule has 2 aromatic carbocycles. The zero-order valence-corrected chi connectivity index (χ0v) is 15.4. The highest BCUT2D eigenvalue weighted by atomic mass is 16.2. The van der Waals surface area contributed by atoms with Gasteiger partial charge in [-0.05, 0) is 42.3 Å². The van der Waals surface area contributed by atoms with E-state index in [-0.39, 0.29) is 18.2 Å². The number of nitrogens with one attached hydrogen (secondary N) is 2. The summed E-state index contributed by atoms with van der Waals surface area (Å²) < 4.78 is 0. The Morgan fingerprint density at radius 3 is 2.32 bits per heavy atom. The minimum Gasteiger partial charge on any atom is -0.324 e. The molecule has 0 unspecified atom stereocenters. The number of amides is 2. The van der Waals surface area contributed by atoms with Crippen LogP contribution in [0.25, 0.3) is 11.1 Å². The SMILES string of the molecule is C/C(CC(=O)Nc1cccnc1)=N\NC(=O)c1ccc(-c2ccccc2)cc1. The average molecular weight is 372 g/mol. The van der Waals surface area contributed by atoms with Crippen LogP contribution in [0.15, 0.2) is 84.2 Å². The first-order valence-electron chi connectivity index (χ1n) is 8.81. The fraction of sp³-hybridized carbons (Fsp3) is 0.0909. The summed E-state index contributed by atoms with van der Waals surface area (Å²) in [5, 5.41) is 6.72. The molecular weight excluding hydrogens is 352 g/mol. The molecular formula is C22H20N4O2. The molecule has 3 rings (SSSR count). The summed E-state index contributed by atoms with van der Waals surface area (Å²) in [6.07, 6.45) is 3.26. The third-order valence-electron chi connectivity index (χ3n) is 3.96. The van der Waals surface area contributed by atoms with Crippen LogP contribution in [0.4, 0.5) is 5.69 Å². The summed E-state index contributed by atoms with van der Waals surface area (Å²) in [5.74, 6) is -0.553. The molecule has 2 amide bonds. The Bertz CT molecular complexity index is 968. The Morgan fingerprint density at radius 2 is 1.64 bits per heavy atom. The van der Waals surface area contributed by atoms with Crippen molar-refractivity contribution in [1.82, 2.24) is 10.4 Å². The molecule has 6 nitrogen and oxygen atoms in total. The van der Waals surface area contributed by atoms with E-state index in [1.165, 1.54) is 0 Å². The van der Waals surface area contributed by atoms with Crippen LogP contribution >= 0.6 is 0 Å². The zero-order chi connectivity index (χ0) is 19.8. The third kappa shape index (κ3) is 5.35. The molecule has 3 aromatic rings. The topological polar surface area (TPSA) is 83.4 Å². The number of hydrazone groups is 1. The van der Waals surface area contributed by atoms with E-state index in [1.807, 2.05) is 42.5 Å². The van der Waals surface area contributed by atoms with Crippen molar-refractivity contribution in [2.75, 3.05) is 5.32 Å². The molecule has 140 valence electrons. The minimum absolute atomic E-state index is 0.0715. The van der Waals surface area contributed by atoms with Crippen LogP contribution in [-0.4, -0.2) is 22.5 Å². The van der Waals surface area contributed by atoms with Gasteiger partial charge in [0, 0.05) is 17.5 Å². The van der Waals surface area contributed by atoms with Crippen LogP contribution in [0.5, 0.6) is 0 Å². The van der Waals surface area contributed by atoms with Gasteiger partial charge in [0.05, 0.1) is 18.3 Å². The first-order valence-corrected chi connectivity index (χ1v) is 8.81. The van der Waals surface area contributed by atoms with Crippen molar-refractivity contribution in [3.63, 3.8) is 0 Å². The lowest BCUT2D eigenvalue weighted by Crippen LogP contribution is -2.21. The summed E-state index contributed by atoms with van der Waals surface area (Å²) in [4.78, 5) is 28.2. The monoisotopic (exact) mass is 372 g/mol. The van der Waals surface area contributed by atoms with Gasteiger partial charge >= 0.3 is 0 Å². The Hall–Kier alpha value is -3.80. The molecule has 1 aromatic heterocycles. The van der Waals surface area contributed by atoms with E-state index in [2.05, 4.69) is 20.8 Å². The smallest absolute Gasteiger partial charge is 0.271 e. The van der Waals surface area contributed by atoms with Crippen LogP contribution < -0.4 is 10.7 Å². The minimum atomic E-state index is -0.327. The van der Waals surface area contributed by atoms with Gasteiger partial charge in [-0.2, -0.15) is 5.10 Å². The largest absolute Gasteiger partial charge is 0.324 e. The Kier molecular flexibility index (Phi) is 6.25. The van der Waals surface area contributed by atoms with Gasteiger partial charge in [-0.3, -0.25) is 14.6 Å². The summed E-state index contributed by atoms with van der Waals surface area (Å²) in [7, 11) is 0. The first-order chi connectivity index (χ1) is 13.6. The summed E-state index contributed by atoms with van der Waals surface area (Å²) in [5.41, 5.74) is 6.21. The number of carbonyl (C=O) groups is 2. The Labute approximate surface area is 163 Å². The van der Waals surface area contributed by atoms with Crippen molar-refractivity contribution in [1.29, 1.82) is 0 Å². The van der Waals surface area contributed by atoms with Crippen molar-refractivity contribution in [2.45, 2.75) is 13.3 Å². The highest BCUT2D eigenvalue weighted by Crippen LogP contribution is 2.19. The molecule has 0 atom stereocenters. The zero-order valence-electron chi connectivity index (χ0n) is 15.4. The normalized spacial score (nSPS) is 11.0. The maximum Gasteiger partial charge on any atom is 0.271 e. The summed E-state index contributed by atoms with van der Waals surface area (Å²) in [6, 6.07) is 20.7. The predicted octanol–water partition coefficient (Wildman–Crippen LogP) is 3.88. The molecule has 0 aliphatic carbocycles. The van der Waals surface area contributed by atoms with Gasteiger partial charge < -0.3 is 5.32 Å². The lowest BCUT2D eigenvalue weighted by Gasteiger charge is -2.06. The lowest BCUT2D eigenvalue weighted by atomic mass is 10.0. The molecule has 6 heteroatoms. The number of benzene rings is 2. The van der Waals surface area contributed by atoms with E-state index in [0.717, 1.165) is 11.1 Å². The average Bonchev–Trinajstić information content (AvgIpc) is 2.73. The second-order valence-corrected chi connectivity index (χ2v) is 6.20. The second-order valence-electron chi connectivity index (χ2n) is 6.20. The van der Waals surface area contributed by atoms with Crippen LogP contribution in [0.3, 0.4) is 0 Å². The van der Waals surface area contributed by atoms with Gasteiger partial charge in [-0.1, -0.05) is 42.5 Å². The molecule has 2 N–H and O–H groups in total. The molecule has 28 heavy (non-hydrogen) atoms. The second kappa shape index (κ2) is 9.23. The number of pyridine rings is 1. The van der Waals surface area contributed by atoms with Gasteiger partial charge in [-0.25, -0.2) is 5.43 Å². The number of anilines is 1. The van der Waals surface area contributed by atoms with E-state index in [0.29, 0.717) is 17.0 Å². The van der Waals surface area contributed by atoms with E-state index in [4.69, 9.17) is 0 Å². The molecule has 0 bridgehead atoms. The molecule has 0 aliphatic rings. The van der Waals surface area contributed by atoms with Gasteiger partial charge in [0.15, 0.2) is 0 Å². The van der Waals surface area contributed by atoms with Crippen LogP contribution in [0.2, 0.25) is 0 Å². The maximum absolute atomic E-state index is 12.2. The summed E-state index contributed by atoms with van der Waals surface area (Å²) in [6.45, 7) is 1.68. The number of hydrogen-bond donors (Lipinski definition) is 2. The van der Waals surface area contributed by atoms with Crippen molar-refractivity contribution in [3.8, 4) is 11.1 Å². The van der Waals surface area contributed by atoms with E-state index < -0.39 is 0 Å². The number of aromatic nitrogens is 1. The van der Waals surface area contributed by atoms with Crippen LogP contribution in [-0.2, 0) is 4.79 Å². The van der Waals surface area contributed by atoms with Crippen molar-refractivity contribution >= 4 is 23.2 Å². The van der Waals surface area contributed by atoms with Crippen molar-refractivity contribution < 1.29 is 9.59 Å². The van der Waals surface area contributed by atoms with Crippen LogP contribution in [0.1, 0.15) is 23.7 Å². The molecule has 0 spiro atoms. The molecule has 0 saturated heterocycles. The first kappa shape index (κ1) is 19.0. The van der Waals surface area contributed by atoms with Crippen LogP contribution in [0, 0.1) is 0 Å². The molecule has 0 aliphatic heterocycles. The molecule has 0 fully saturated rings. The van der Waals surface area contributed by atoms with E-state index in [1.54, 1.807) is 43.6 Å². The fourth-order valence-corrected chi connectivity index (χ4v) is 2.57. The van der Waals surface area contributed by atoms with Gasteiger partial charge in [0.1, 0.15) is 0 Å². The number of nitrogens with zero attached hydrogens (tertiary/aromatic N) is 2. The van der Waals surface area contributed by atoms with Crippen molar-refractivity contribution in [3.05, 3.63) is 84.7 Å². The number of hydrogen-bond acceptors (Lipinski definition) is 4. The third-order valence-corrected chi connectivity index (χ3v) is 3.96. The highest BCUT2D eigenvalue weighted by molar-refractivity contribution is 6.06. The van der Waals surface area contributed by atoms with Gasteiger partial charge in [0.25, 0.3) is 5.91 Å². The predicted molar refractivity (Wildman–Crippen MR) is 110 cm³/mol. The van der Waals surface area contributed by atoms with Crippen molar-refractivity contribution in [2.24, 2.45) is 5.10 Å². The molecule has 0 radical (unpaired) electrons. The maximum atomic E-state index is 12.2. The van der Waals surface area contributed by atoms with E-state index in [9.17, 15) is 9.59 Å². The Balaban J connectivity index is 1.54. The van der Waals surface area contributed by atoms with Gasteiger partial charge in [-0.15, -0.1) is 0 Å². The lowest BCUT2D eigenvalue weighted by molar-refractivity contribution is -0.115. The van der Waals surface area contributed by atoms with Gasteiger partial charge in [0.2, 0.25) is 5.91 Å². The number of rotatable bonds is 6. The highest BCUT2D eigenvalue weighted by Gasteiger charge is 2.07. The molecule has 1 heterocycles. The fourth-order valence-electron chi connectivity index (χ4n) is 2.57. The number of carbonyl (C=O) groups excluding carboxylic acids is 2.